The Kier molecular flexibility index (Phi) is 5.82. The molecular weight excluding hydrogens is 266 g/mol. The molecule has 1 rings (SSSR count). The van der Waals surface area contributed by atoms with Gasteiger partial charge in [-0.25, -0.2) is 4.68 Å². The molecule has 19 heavy (non-hydrogen) atoms. The molecule has 0 saturated heterocycles. The van der Waals surface area contributed by atoms with E-state index in [1.807, 2.05) is 27.7 Å². The largest absolute Gasteiger partial charge is 0.391 e. The Morgan fingerprint density at radius 2 is 2.05 bits per heavy atom. The molecule has 0 aliphatic rings. The highest BCUT2D eigenvalue weighted by Crippen LogP contribution is 2.16. The molecule has 1 unspecified atom stereocenters. The molecular formula is C13H22ClN3O2. The van der Waals surface area contributed by atoms with Crippen molar-refractivity contribution in [2.75, 3.05) is 11.9 Å². The van der Waals surface area contributed by atoms with Gasteiger partial charge in [-0.1, -0.05) is 25.4 Å². The van der Waals surface area contributed by atoms with Crippen molar-refractivity contribution in [3.05, 3.63) is 21.6 Å². The summed E-state index contributed by atoms with van der Waals surface area (Å²) >= 11 is 6.01. The van der Waals surface area contributed by atoms with Gasteiger partial charge >= 0.3 is 0 Å². The average molecular weight is 288 g/mol. The van der Waals surface area contributed by atoms with E-state index in [0.29, 0.717) is 24.6 Å². The molecule has 0 spiro atoms. The summed E-state index contributed by atoms with van der Waals surface area (Å²) in [7, 11) is 0. The minimum absolute atomic E-state index is 0.0365. The van der Waals surface area contributed by atoms with Crippen LogP contribution < -0.4 is 10.9 Å². The summed E-state index contributed by atoms with van der Waals surface area (Å²) < 4.78 is 1.33. The zero-order valence-electron chi connectivity index (χ0n) is 11.9. The highest BCUT2D eigenvalue weighted by molar-refractivity contribution is 6.32. The fraction of sp³-hybridized carbons (Fsp3) is 0.692. The van der Waals surface area contributed by atoms with Gasteiger partial charge in [-0.15, -0.1) is 0 Å². The molecule has 1 aromatic heterocycles. The Bertz CT molecular complexity index is 471. The number of hydrogen-bond acceptors (Lipinski definition) is 4. The van der Waals surface area contributed by atoms with Crippen LogP contribution in [0, 0.1) is 5.92 Å². The van der Waals surface area contributed by atoms with Gasteiger partial charge in [0.05, 0.1) is 24.0 Å². The van der Waals surface area contributed by atoms with E-state index >= 15 is 0 Å². The lowest BCUT2D eigenvalue weighted by molar-refractivity contribution is 0.161. The van der Waals surface area contributed by atoms with Crippen LogP contribution in [-0.2, 0) is 0 Å². The van der Waals surface area contributed by atoms with Crippen molar-refractivity contribution in [3.8, 4) is 0 Å². The van der Waals surface area contributed by atoms with Crippen molar-refractivity contribution in [2.24, 2.45) is 5.92 Å². The number of aliphatic hydroxyl groups is 1. The predicted octanol–water partition coefficient (Wildman–Crippen LogP) is 2.30. The van der Waals surface area contributed by atoms with E-state index in [-0.39, 0.29) is 16.6 Å². The van der Waals surface area contributed by atoms with Crippen LogP contribution in [0.25, 0.3) is 0 Å². The van der Waals surface area contributed by atoms with Crippen LogP contribution in [0.2, 0.25) is 5.02 Å². The number of nitrogens with zero attached hydrogens (tertiary/aromatic N) is 2. The molecule has 0 fully saturated rings. The summed E-state index contributed by atoms with van der Waals surface area (Å²) in [4.78, 5) is 11.9. The van der Waals surface area contributed by atoms with Gasteiger partial charge < -0.3 is 10.4 Å². The molecule has 0 amide bonds. The van der Waals surface area contributed by atoms with Crippen molar-refractivity contribution in [3.63, 3.8) is 0 Å². The number of nitrogens with one attached hydrogen (secondary N) is 1. The van der Waals surface area contributed by atoms with Crippen LogP contribution in [0.4, 0.5) is 5.69 Å². The maximum atomic E-state index is 11.9. The molecule has 0 radical (unpaired) electrons. The molecule has 1 aromatic rings. The molecule has 2 N–H and O–H groups in total. The molecule has 5 nitrogen and oxygen atoms in total. The highest BCUT2D eigenvalue weighted by Gasteiger charge is 2.12. The van der Waals surface area contributed by atoms with E-state index in [1.165, 1.54) is 10.9 Å². The van der Waals surface area contributed by atoms with Gasteiger partial charge in [-0.05, 0) is 26.2 Å². The summed E-state index contributed by atoms with van der Waals surface area (Å²) in [5, 5.41) is 16.9. The first-order valence-corrected chi connectivity index (χ1v) is 6.90. The fourth-order valence-corrected chi connectivity index (χ4v) is 1.99. The van der Waals surface area contributed by atoms with Gasteiger partial charge in [-0.2, -0.15) is 5.10 Å². The van der Waals surface area contributed by atoms with Gasteiger partial charge in [0.1, 0.15) is 5.02 Å². The minimum atomic E-state index is -0.469. The smallest absolute Gasteiger partial charge is 0.287 e. The minimum Gasteiger partial charge on any atom is -0.391 e. The summed E-state index contributed by atoms with van der Waals surface area (Å²) in [6.45, 7) is 8.17. The standard InChI is InChI=1S/C13H22ClN3O2/c1-8(2)5-10(18)6-15-11-7-16-17(9(3)4)13(19)12(11)14/h7-10,15,18H,5-6H2,1-4H3. The van der Waals surface area contributed by atoms with E-state index in [4.69, 9.17) is 11.6 Å². The zero-order chi connectivity index (χ0) is 14.6. The highest BCUT2D eigenvalue weighted by atomic mass is 35.5. The number of anilines is 1. The molecule has 1 heterocycles. The maximum absolute atomic E-state index is 11.9. The Morgan fingerprint density at radius 3 is 2.58 bits per heavy atom. The Morgan fingerprint density at radius 1 is 1.42 bits per heavy atom. The SMILES string of the molecule is CC(C)CC(O)CNc1cnn(C(C)C)c(=O)c1Cl. The molecule has 0 aliphatic heterocycles. The Labute approximate surface area is 118 Å². The summed E-state index contributed by atoms with van der Waals surface area (Å²) in [6, 6.07) is -0.0365. The number of hydrogen-bond donors (Lipinski definition) is 2. The Hall–Kier alpha value is -1.07. The molecule has 0 saturated carbocycles. The Balaban J connectivity index is 2.76. The van der Waals surface area contributed by atoms with Gasteiger partial charge in [0.2, 0.25) is 0 Å². The van der Waals surface area contributed by atoms with Crippen LogP contribution in [0.3, 0.4) is 0 Å². The van der Waals surface area contributed by atoms with Gasteiger partial charge in [0.25, 0.3) is 5.56 Å². The van der Waals surface area contributed by atoms with E-state index in [2.05, 4.69) is 10.4 Å². The lowest BCUT2D eigenvalue weighted by Crippen LogP contribution is -2.27. The third kappa shape index (κ3) is 4.51. The average Bonchev–Trinajstić information content (AvgIpc) is 2.29. The second-order valence-corrected chi connectivity index (χ2v) is 5.76. The first kappa shape index (κ1) is 16.0. The van der Waals surface area contributed by atoms with Gasteiger partial charge in [0, 0.05) is 6.54 Å². The second-order valence-electron chi connectivity index (χ2n) is 5.38. The van der Waals surface area contributed by atoms with E-state index in [0.717, 1.165) is 0 Å². The molecule has 108 valence electrons. The van der Waals surface area contributed by atoms with Crippen molar-refractivity contribution < 1.29 is 5.11 Å². The third-order valence-corrected chi connectivity index (χ3v) is 3.07. The third-order valence-electron chi connectivity index (χ3n) is 2.70. The number of aromatic nitrogens is 2. The quantitative estimate of drug-likeness (QED) is 0.842. The first-order valence-electron chi connectivity index (χ1n) is 6.52. The second kappa shape index (κ2) is 6.91. The van der Waals surface area contributed by atoms with Crippen molar-refractivity contribution in [1.29, 1.82) is 0 Å². The number of halogens is 1. The number of rotatable bonds is 6. The number of aliphatic hydroxyl groups excluding tert-OH is 1. The molecule has 1 atom stereocenters. The molecule has 0 bridgehead atoms. The van der Waals surface area contributed by atoms with Crippen molar-refractivity contribution in [1.82, 2.24) is 9.78 Å². The monoisotopic (exact) mass is 287 g/mol. The van der Waals surface area contributed by atoms with Crippen LogP contribution in [0.1, 0.15) is 40.2 Å². The lowest BCUT2D eigenvalue weighted by Gasteiger charge is -2.16. The lowest BCUT2D eigenvalue weighted by atomic mass is 10.1. The molecule has 0 aromatic carbocycles. The van der Waals surface area contributed by atoms with Gasteiger partial charge in [-0.3, -0.25) is 4.79 Å². The van der Waals surface area contributed by atoms with Crippen LogP contribution >= 0.6 is 11.6 Å². The van der Waals surface area contributed by atoms with Crippen molar-refractivity contribution >= 4 is 17.3 Å². The summed E-state index contributed by atoms with van der Waals surface area (Å²) in [5.74, 6) is 0.416. The fourth-order valence-electron chi connectivity index (χ4n) is 1.79. The normalized spacial score (nSPS) is 13.1. The van der Waals surface area contributed by atoms with Gasteiger partial charge in [0.15, 0.2) is 0 Å². The maximum Gasteiger partial charge on any atom is 0.287 e. The van der Waals surface area contributed by atoms with Crippen LogP contribution in [0.5, 0.6) is 0 Å². The topological polar surface area (TPSA) is 67.2 Å². The van der Waals surface area contributed by atoms with Crippen molar-refractivity contribution in [2.45, 2.75) is 46.3 Å². The molecule has 6 heteroatoms. The van der Waals surface area contributed by atoms with E-state index in [1.54, 1.807) is 0 Å². The summed E-state index contributed by atoms with van der Waals surface area (Å²) in [5.41, 5.74) is 0.145. The van der Waals surface area contributed by atoms with E-state index < -0.39 is 6.10 Å². The first-order chi connectivity index (χ1) is 8.82. The summed E-state index contributed by atoms with van der Waals surface area (Å²) in [6.07, 6.45) is 1.75. The van der Waals surface area contributed by atoms with Crippen LogP contribution in [-0.4, -0.2) is 27.5 Å². The predicted molar refractivity (Wildman–Crippen MR) is 77.8 cm³/mol. The van der Waals surface area contributed by atoms with E-state index in [9.17, 15) is 9.90 Å². The zero-order valence-corrected chi connectivity index (χ0v) is 12.6. The molecule has 0 aliphatic carbocycles. The van der Waals surface area contributed by atoms with Crippen LogP contribution in [0.15, 0.2) is 11.0 Å².